The van der Waals surface area contributed by atoms with Crippen molar-refractivity contribution in [2.75, 3.05) is 39.5 Å². The van der Waals surface area contributed by atoms with Crippen LogP contribution in [0.25, 0.3) is 11.4 Å². The average Bonchev–Trinajstić information content (AvgIpc) is 3.07. The molecular weight excluding hydrogens is 330 g/mol. The molecule has 6 heteroatoms. The fourth-order valence-corrected chi connectivity index (χ4v) is 3.62. The molecule has 2 saturated heterocycles. The molecule has 2 aromatic rings. The van der Waals surface area contributed by atoms with Crippen LogP contribution in [0.1, 0.15) is 30.0 Å². The van der Waals surface area contributed by atoms with E-state index in [1.807, 2.05) is 12.1 Å². The predicted molar refractivity (Wildman–Crippen MR) is 99.2 cm³/mol. The van der Waals surface area contributed by atoms with E-state index in [0.29, 0.717) is 12.4 Å². The molecule has 3 heterocycles. The van der Waals surface area contributed by atoms with Crippen LogP contribution in [0.2, 0.25) is 0 Å². The summed E-state index contributed by atoms with van der Waals surface area (Å²) in [6, 6.07) is 9.89. The Balaban J connectivity index is 1.56. The van der Waals surface area contributed by atoms with Crippen LogP contribution in [0.5, 0.6) is 0 Å². The number of ether oxygens (including phenoxy) is 2. The molecule has 6 nitrogen and oxygen atoms in total. The second-order valence-electron chi connectivity index (χ2n) is 7.02. The van der Waals surface area contributed by atoms with Gasteiger partial charge in [0.25, 0.3) is 5.56 Å². The first kappa shape index (κ1) is 17.4. The molecule has 138 valence electrons. The maximum Gasteiger partial charge on any atom is 0.251 e. The summed E-state index contributed by atoms with van der Waals surface area (Å²) in [4.78, 5) is 22.1. The number of rotatable bonds is 4. The van der Waals surface area contributed by atoms with Crippen molar-refractivity contribution in [3.63, 3.8) is 0 Å². The maximum atomic E-state index is 12.1. The minimum atomic E-state index is -0.105. The zero-order chi connectivity index (χ0) is 17.8. The Labute approximate surface area is 153 Å². The molecule has 1 aromatic carbocycles. The number of nitrogens with zero attached hydrogens (tertiary/aromatic N) is 2. The van der Waals surface area contributed by atoms with E-state index in [4.69, 9.17) is 14.5 Å². The van der Waals surface area contributed by atoms with Crippen LogP contribution in [-0.2, 0) is 16.0 Å². The van der Waals surface area contributed by atoms with Crippen LogP contribution in [0.15, 0.2) is 35.1 Å². The van der Waals surface area contributed by atoms with E-state index < -0.39 is 0 Å². The van der Waals surface area contributed by atoms with Gasteiger partial charge in [0.15, 0.2) is 0 Å². The molecule has 0 saturated carbocycles. The minimum absolute atomic E-state index is 0.105. The third-order valence-electron chi connectivity index (χ3n) is 5.03. The molecule has 26 heavy (non-hydrogen) atoms. The molecule has 1 aromatic heterocycles. The molecule has 1 unspecified atom stereocenters. The number of aromatic nitrogens is 2. The minimum Gasteiger partial charge on any atom is -0.381 e. The number of aromatic amines is 1. The van der Waals surface area contributed by atoms with Crippen LogP contribution >= 0.6 is 0 Å². The number of nitrogens with one attached hydrogen (secondary N) is 1. The van der Waals surface area contributed by atoms with E-state index in [0.717, 1.165) is 63.6 Å². The van der Waals surface area contributed by atoms with E-state index in [-0.39, 0.29) is 11.5 Å². The van der Waals surface area contributed by atoms with E-state index in [1.165, 1.54) is 5.56 Å². The molecule has 2 aliphatic rings. The molecule has 2 aliphatic heterocycles. The highest BCUT2D eigenvalue weighted by atomic mass is 16.5. The molecule has 0 spiro atoms. The van der Waals surface area contributed by atoms with Crippen molar-refractivity contribution in [1.29, 1.82) is 0 Å². The highest BCUT2D eigenvalue weighted by Gasteiger charge is 2.20. The van der Waals surface area contributed by atoms with E-state index >= 15 is 0 Å². The van der Waals surface area contributed by atoms with Gasteiger partial charge in [0.05, 0.1) is 18.9 Å². The summed E-state index contributed by atoms with van der Waals surface area (Å²) in [7, 11) is 0. The topological polar surface area (TPSA) is 67.4 Å². The van der Waals surface area contributed by atoms with Gasteiger partial charge in [-0.2, -0.15) is 0 Å². The number of hydrogen-bond donors (Lipinski definition) is 1. The fourth-order valence-electron chi connectivity index (χ4n) is 3.62. The highest BCUT2D eigenvalue weighted by molar-refractivity contribution is 5.56. The van der Waals surface area contributed by atoms with Crippen molar-refractivity contribution < 1.29 is 9.47 Å². The molecule has 0 bridgehead atoms. The SMILES string of the molecule is O=c1cc(C2CCOC2)nc(-c2cccc(CN3CCCOCC3)c2)[nH]1. The molecule has 4 rings (SSSR count). The Morgan fingerprint density at radius 2 is 2.12 bits per heavy atom. The Morgan fingerprint density at radius 3 is 3.00 bits per heavy atom. The molecule has 0 aliphatic carbocycles. The van der Waals surface area contributed by atoms with E-state index in [2.05, 4.69) is 22.0 Å². The van der Waals surface area contributed by atoms with Gasteiger partial charge < -0.3 is 14.5 Å². The third-order valence-corrected chi connectivity index (χ3v) is 5.03. The van der Waals surface area contributed by atoms with Crippen molar-refractivity contribution >= 4 is 0 Å². The quantitative estimate of drug-likeness (QED) is 0.910. The summed E-state index contributed by atoms with van der Waals surface area (Å²) in [5, 5.41) is 0. The standard InChI is InChI=1S/C20H25N3O3/c24-19-12-18(17-5-9-26-14-17)21-20(22-19)16-4-1-3-15(11-16)13-23-6-2-8-25-10-7-23/h1,3-4,11-12,17H,2,5-10,13-14H2,(H,21,22,24). The average molecular weight is 355 g/mol. The summed E-state index contributed by atoms with van der Waals surface area (Å²) in [6.45, 7) is 5.92. The van der Waals surface area contributed by atoms with Crippen molar-refractivity contribution in [3.8, 4) is 11.4 Å². The lowest BCUT2D eigenvalue weighted by Crippen LogP contribution is -2.25. The molecule has 1 atom stereocenters. The normalized spacial score (nSPS) is 21.6. The zero-order valence-corrected chi connectivity index (χ0v) is 14.9. The molecule has 1 N–H and O–H groups in total. The Bertz CT molecular complexity index is 791. The smallest absolute Gasteiger partial charge is 0.251 e. The van der Waals surface area contributed by atoms with Gasteiger partial charge in [0.2, 0.25) is 0 Å². The second kappa shape index (κ2) is 8.12. The number of benzene rings is 1. The summed E-state index contributed by atoms with van der Waals surface area (Å²) in [6.07, 6.45) is 1.99. The zero-order valence-electron chi connectivity index (χ0n) is 14.9. The van der Waals surface area contributed by atoms with Gasteiger partial charge in [-0.1, -0.05) is 18.2 Å². The summed E-state index contributed by atoms with van der Waals surface area (Å²) < 4.78 is 11.0. The Kier molecular flexibility index (Phi) is 5.43. The second-order valence-corrected chi connectivity index (χ2v) is 7.02. The molecule has 0 amide bonds. The first-order chi connectivity index (χ1) is 12.8. The van der Waals surface area contributed by atoms with E-state index in [1.54, 1.807) is 6.07 Å². The van der Waals surface area contributed by atoms with Gasteiger partial charge in [0.1, 0.15) is 5.82 Å². The first-order valence-electron chi connectivity index (χ1n) is 9.36. The van der Waals surface area contributed by atoms with Crippen LogP contribution in [-0.4, -0.2) is 54.4 Å². The molecule has 0 radical (unpaired) electrons. The number of H-pyrrole nitrogens is 1. The molecular formula is C20H25N3O3. The van der Waals surface area contributed by atoms with Crippen molar-refractivity contribution in [2.24, 2.45) is 0 Å². The van der Waals surface area contributed by atoms with Crippen LogP contribution in [0, 0.1) is 0 Å². The lowest BCUT2D eigenvalue weighted by Gasteiger charge is -2.19. The van der Waals surface area contributed by atoms with Crippen LogP contribution in [0.4, 0.5) is 0 Å². The first-order valence-corrected chi connectivity index (χ1v) is 9.36. The van der Waals surface area contributed by atoms with Gasteiger partial charge in [-0.15, -0.1) is 0 Å². The predicted octanol–water partition coefficient (Wildman–Crippen LogP) is 2.16. The van der Waals surface area contributed by atoms with Crippen molar-refractivity contribution in [2.45, 2.75) is 25.3 Å². The van der Waals surface area contributed by atoms with E-state index in [9.17, 15) is 4.79 Å². The lowest BCUT2D eigenvalue weighted by atomic mass is 10.0. The van der Waals surface area contributed by atoms with Gasteiger partial charge in [0, 0.05) is 50.4 Å². The highest BCUT2D eigenvalue weighted by Crippen LogP contribution is 2.24. The monoisotopic (exact) mass is 355 g/mol. The van der Waals surface area contributed by atoms with Gasteiger partial charge in [-0.3, -0.25) is 9.69 Å². The fraction of sp³-hybridized carbons (Fsp3) is 0.500. The van der Waals surface area contributed by atoms with Gasteiger partial charge in [-0.25, -0.2) is 4.98 Å². The van der Waals surface area contributed by atoms with Crippen molar-refractivity contribution in [3.05, 3.63) is 51.9 Å². The van der Waals surface area contributed by atoms with Crippen LogP contribution < -0.4 is 5.56 Å². The third kappa shape index (κ3) is 4.20. The summed E-state index contributed by atoms with van der Waals surface area (Å²) >= 11 is 0. The van der Waals surface area contributed by atoms with Gasteiger partial charge in [-0.05, 0) is 24.5 Å². The summed E-state index contributed by atoms with van der Waals surface area (Å²) in [5.74, 6) is 0.858. The van der Waals surface area contributed by atoms with Gasteiger partial charge >= 0.3 is 0 Å². The largest absolute Gasteiger partial charge is 0.381 e. The maximum absolute atomic E-state index is 12.1. The lowest BCUT2D eigenvalue weighted by molar-refractivity contribution is 0.140. The Hall–Kier alpha value is -2.02. The summed E-state index contributed by atoms with van der Waals surface area (Å²) in [5.41, 5.74) is 2.90. The van der Waals surface area contributed by atoms with Crippen LogP contribution in [0.3, 0.4) is 0 Å². The number of hydrogen-bond acceptors (Lipinski definition) is 5. The molecule has 2 fully saturated rings. The van der Waals surface area contributed by atoms with Crippen molar-refractivity contribution in [1.82, 2.24) is 14.9 Å². The Morgan fingerprint density at radius 1 is 1.15 bits per heavy atom.